The normalized spacial score (nSPS) is 15.2. The van der Waals surface area contributed by atoms with E-state index in [9.17, 15) is 4.79 Å². The maximum Gasteiger partial charge on any atom is 0.263 e. The molecule has 1 N–H and O–H groups in total. The van der Waals surface area contributed by atoms with Crippen LogP contribution in [0.15, 0.2) is 54.0 Å². The molecule has 0 aliphatic heterocycles. The third-order valence-corrected chi connectivity index (χ3v) is 6.29. The number of nitrogens with one attached hydrogen (secondary N) is 1. The molecular formula is C19H18N2OS2. The van der Waals surface area contributed by atoms with Crippen LogP contribution < -0.4 is 5.32 Å². The van der Waals surface area contributed by atoms with Gasteiger partial charge in [0, 0.05) is 10.8 Å². The predicted molar refractivity (Wildman–Crippen MR) is 98.8 cm³/mol. The number of nitrogens with zero attached hydrogens (tertiary/aromatic N) is 1. The second-order valence-corrected chi connectivity index (χ2v) is 8.11. The maximum absolute atomic E-state index is 12.7. The first kappa shape index (κ1) is 15.5. The van der Waals surface area contributed by atoms with Gasteiger partial charge in [-0.3, -0.25) is 4.79 Å². The number of rotatable bonds is 6. The van der Waals surface area contributed by atoms with Gasteiger partial charge in [-0.25, -0.2) is 4.98 Å². The summed E-state index contributed by atoms with van der Waals surface area (Å²) in [6.45, 7) is 0. The molecule has 1 aliphatic rings. The zero-order valence-electron chi connectivity index (χ0n) is 13.1. The molecule has 3 nitrogen and oxygen atoms in total. The van der Waals surface area contributed by atoms with Crippen molar-refractivity contribution in [2.45, 2.75) is 31.2 Å². The van der Waals surface area contributed by atoms with Crippen molar-refractivity contribution in [3.8, 4) is 0 Å². The SMILES string of the molecule is O=C(NC(Cc1ccccc1)c1cccs1)c1cnc(C2CC2)s1. The lowest BCUT2D eigenvalue weighted by Crippen LogP contribution is -2.28. The Morgan fingerprint density at radius 2 is 2.04 bits per heavy atom. The van der Waals surface area contributed by atoms with Crippen LogP contribution in [-0.2, 0) is 6.42 Å². The molecule has 2 heterocycles. The molecule has 1 aromatic carbocycles. The minimum absolute atomic E-state index is 0.00799. The topological polar surface area (TPSA) is 42.0 Å². The van der Waals surface area contributed by atoms with Crippen LogP contribution >= 0.6 is 22.7 Å². The molecule has 122 valence electrons. The molecule has 0 radical (unpaired) electrons. The van der Waals surface area contributed by atoms with Gasteiger partial charge in [-0.05, 0) is 36.3 Å². The largest absolute Gasteiger partial charge is 0.343 e. The maximum atomic E-state index is 12.7. The summed E-state index contributed by atoms with van der Waals surface area (Å²) in [7, 11) is 0. The van der Waals surface area contributed by atoms with Crippen LogP contribution in [0.2, 0.25) is 0 Å². The number of carbonyl (C=O) groups is 1. The Bertz CT molecular complexity index is 807. The molecule has 3 aromatic rings. The number of carbonyl (C=O) groups excluding carboxylic acids is 1. The van der Waals surface area contributed by atoms with Crippen LogP contribution in [0, 0.1) is 0 Å². The molecule has 1 amide bonds. The fraction of sp³-hybridized carbons (Fsp3) is 0.263. The van der Waals surface area contributed by atoms with E-state index >= 15 is 0 Å². The molecule has 1 aliphatic carbocycles. The fourth-order valence-corrected chi connectivity index (χ4v) is 4.47. The standard InChI is InChI=1S/C19H18N2OS2/c22-18(17-12-20-19(24-17)14-8-9-14)21-15(16-7-4-10-23-16)11-13-5-2-1-3-6-13/h1-7,10,12,14-15H,8-9,11H2,(H,21,22). The zero-order valence-corrected chi connectivity index (χ0v) is 14.8. The molecule has 2 aromatic heterocycles. The molecule has 1 saturated carbocycles. The van der Waals surface area contributed by atoms with Crippen LogP contribution in [-0.4, -0.2) is 10.9 Å². The van der Waals surface area contributed by atoms with E-state index in [1.54, 1.807) is 17.5 Å². The van der Waals surface area contributed by atoms with Crippen LogP contribution in [0.3, 0.4) is 0 Å². The van der Waals surface area contributed by atoms with E-state index in [0.29, 0.717) is 10.8 Å². The Morgan fingerprint density at radius 3 is 2.75 bits per heavy atom. The van der Waals surface area contributed by atoms with Crippen molar-refractivity contribution in [2.75, 3.05) is 0 Å². The van der Waals surface area contributed by atoms with Crippen molar-refractivity contribution in [1.29, 1.82) is 0 Å². The van der Waals surface area contributed by atoms with Crippen molar-refractivity contribution >= 4 is 28.6 Å². The third-order valence-electron chi connectivity index (χ3n) is 4.15. The second kappa shape index (κ2) is 6.87. The van der Waals surface area contributed by atoms with Crippen molar-refractivity contribution in [2.24, 2.45) is 0 Å². The van der Waals surface area contributed by atoms with E-state index in [1.165, 1.54) is 34.6 Å². The van der Waals surface area contributed by atoms with E-state index < -0.39 is 0 Å². The summed E-state index contributed by atoms with van der Waals surface area (Å²) in [5, 5.41) is 6.36. The van der Waals surface area contributed by atoms with Crippen molar-refractivity contribution < 1.29 is 4.79 Å². The molecule has 1 unspecified atom stereocenters. The number of benzene rings is 1. The van der Waals surface area contributed by atoms with Gasteiger partial charge in [-0.1, -0.05) is 36.4 Å². The molecule has 0 spiro atoms. The summed E-state index contributed by atoms with van der Waals surface area (Å²) in [4.78, 5) is 19.0. The number of hydrogen-bond acceptors (Lipinski definition) is 4. The highest BCUT2D eigenvalue weighted by atomic mass is 32.1. The van der Waals surface area contributed by atoms with Gasteiger partial charge in [0.25, 0.3) is 5.91 Å². The lowest BCUT2D eigenvalue weighted by atomic mass is 10.0. The van der Waals surface area contributed by atoms with Gasteiger partial charge in [0.05, 0.1) is 17.2 Å². The smallest absolute Gasteiger partial charge is 0.263 e. The third kappa shape index (κ3) is 3.57. The Balaban J connectivity index is 1.51. The quantitative estimate of drug-likeness (QED) is 0.691. The first-order valence-corrected chi connectivity index (χ1v) is 9.83. The van der Waals surface area contributed by atoms with Gasteiger partial charge in [0.15, 0.2) is 0 Å². The molecule has 0 bridgehead atoms. The Kier molecular flexibility index (Phi) is 4.45. The van der Waals surface area contributed by atoms with Crippen molar-refractivity contribution in [1.82, 2.24) is 10.3 Å². The van der Waals surface area contributed by atoms with E-state index in [0.717, 1.165) is 11.4 Å². The zero-order chi connectivity index (χ0) is 16.4. The first-order chi connectivity index (χ1) is 11.8. The van der Waals surface area contributed by atoms with Crippen LogP contribution in [0.4, 0.5) is 0 Å². The first-order valence-electron chi connectivity index (χ1n) is 8.13. The lowest BCUT2D eigenvalue weighted by molar-refractivity contribution is 0.0941. The van der Waals surface area contributed by atoms with Gasteiger partial charge in [0.1, 0.15) is 4.88 Å². The number of amides is 1. The highest BCUT2D eigenvalue weighted by molar-refractivity contribution is 7.13. The molecule has 5 heteroatoms. The van der Waals surface area contributed by atoms with Crippen LogP contribution in [0.1, 0.15) is 49.9 Å². The number of aromatic nitrogens is 1. The van der Waals surface area contributed by atoms with Gasteiger partial charge in [-0.15, -0.1) is 22.7 Å². The Labute approximate surface area is 149 Å². The van der Waals surface area contributed by atoms with Crippen molar-refractivity contribution in [3.05, 3.63) is 74.4 Å². The van der Waals surface area contributed by atoms with E-state index in [-0.39, 0.29) is 11.9 Å². The van der Waals surface area contributed by atoms with E-state index in [1.807, 2.05) is 24.3 Å². The van der Waals surface area contributed by atoms with E-state index in [2.05, 4.69) is 33.9 Å². The molecular weight excluding hydrogens is 336 g/mol. The monoisotopic (exact) mass is 354 g/mol. The molecule has 4 rings (SSSR count). The number of hydrogen-bond donors (Lipinski definition) is 1. The van der Waals surface area contributed by atoms with Crippen LogP contribution in [0.25, 0.3) is 0 Å². The van der Waals surface area contributed by atoms with Crippen LogP contribution in [0.5, 0.6) is 0 Å². The molecule has 0 saturated heterocycles. The molecule has 1 fully saturated rings. The summed E-state index contributed by atoms with van der Waals surface area (Å²) < 4.78 is 0. The summed E-state index contributed by atoms with van der Waals surface area (Å²) >= 11 is 3.22. The minimum Gasteiger partial charge on any atom is -0.343 e. The summed E-state index contributed by atoms with van der Waals surface area (Å²) in [5.41, 5.74) is 1.22. The average molecular weight is 355 g/mol. The lowest BCUT2D eigenvalue weighted by Gasteiger charge is -2.17. The number of thiazole rings is 1. The van der Waals surface area contributed by atoms with Gasteiger partial charge >= 0.3 is 0 Å². The summed E-state index contributed by atoms with van der Waals surface area (Å²) in [5.74, 6) is 0.572. The van der Waals surface area contributed by atoms with E-state index in [4.69, 9.17) is 0 Å². The average Bonchev–Trinajstić information content (AvgIpc) is 3.12. The van der Waals surface area contributed by atoms with Gasteiger partial charge in [0.2, 0.25) is 0 Å². The van der Waals surface area contributed by atoms with Crippen molar-refractivity contribution in [3.63, 3.8) is 0 Å². The predicted octanol–water partition coefficient (Wildman–Crippen LogP) is 4.80. The molecule has 1 atom stereocenters. The number of thiophene rings is 1. The highest BCUT2D eigenvalue weighted by Crippen LogP contribution is 2.41. The minimum atomic E-state index is -0.0197. The summed E-state index contributed by atoms with van der Waals surface area (Å²) in [6, 6.07) is 14.4. The van der Waals surface area contributed by atoms with Gasteiger partial charge < -0.3 is 5.32 Å². The summed E-state index contributed by atoms with van der Waals surface area (Å²) in [6.07, 6.45) is 4.93. The fourth-order valence-electron chi connectivity index (χ4n) is 2.70. The Morgan fingerprint density at radius 1 is 1.21 bits per heavy atom. The highest BCUT2D eigenvalue weighted by Gasteiger charge is 2.28. The second-order valence-electron chi connectivity index (χ2n) is 6.07. The van der Waals surface area contributed by atoms with Gasteiger partial charge in [-0.2, -0.15) is 0 Å². The molecule has 24 heavy (non-hydrogen) atoms. The Hall–Kier alpha value is -1.98.